The standard InChI is InChI=1S/C16H19N3OS.ClH/c1-10-5-3-4-6-13(10)14-9-21-16(18-14)19-15(20)11(2)12-7-17-8-12;/h3-6,9,11-12,17H,7-8H2,1-2H3,(H,18,19,20);1H. The number of nitrogens with one attached hydrogen (secondary N) is 2. The van der Waals surface area contributed by atoms with Gasteiger partial charge in [0, 0.05) is 16.9 Å². The fourth-order valence-electron chi connectivity index (χ4n) is 2.41. The Kier molecular flexibility index (Phi) is 5.56. The number of anilines is 1. The molecule has 1 fully saturated rings. The van der Waals surface area contributed by atoms with Crippen molar-refractivity contribution < 1.29 is 4.79 Å². The molecule has 1 aliphatic rings. The van der Waals surface area contributed by atoms with Crippen LogP contribution in [0, 0.1) is 18.8 Å². The molecular weight excluding hydrogens is 318 g/mol. The Balaban J connectivity index is 0.00000176. The van der Waals surface area contributed by atoms with Crippen LogP contribution in [0.1, 0.15) is 12.5 Å². The van der Waals surface area contributed by atoms with Gasteiger partial charge in [-0.25, -0.2) is 4.98 Å². The van der Waals surface area contributed by atoms with Crippen LogP contribution < -0.4 is 10.6 Å². The van der Waals surface area contributed by atoms with Crippen LogP contribution in [-0.4, -0.2) is 24.0 Å². The van der Waals surface area contributed by atoms with Gasteiger partial charge in [0.25, 0.3) is 0 Å². The number of carbonyl (C=O) groups excluding carboxylic acids is 1. The van der Waals surface area contributed by atoms with E-state index in [4.69, 9.17) is 0 Å². The lowest BCUT2D eigenvalue weighted by atomic mass is 9.88. The van der Waals surface area contributed by atoms with Gasteiger partial charge in [0.1, 0.15) is 0 Å². The minimum absolute atomic E-state index is 0. The topological polar surface area (TPSA) is 54.0 Å². The van der Waals surface area contributed by atoms with Crippen molar-refractivity contribution in [1.82, 2.24) is 10.3 Å². The maximum absolute atomic E-state index is 12.2. The van der Waals surface area contributed by atoms with Crippen LogP contribution in [0.5, 0.6) is 0 Å². The summed E-state index contributed by atoms with van der Waals surface area (Å²) in [6.45, 7) is 5.91. The first-order valence-corrected chi connectivity index (χ1v) is 8.06. The quantitative estimate of drug-likeness (QED) is 0.899. The molecule has 1 saturated heterocycles. The van der Waals surface area contributed by atoms with E-state index < -0.39 is 0 Å². The highest BCUT2D eigenvalue weighted by molar-refractivity contribution is 7.14. The Morgan fingerprint density at radius 2 is 2.14 bits per heavy atom. The third-order valence-electron chi connectivity index (χ3n) is 4.09. The molecule has 1 unspecified atom stereocenters. The molecule has 1 atom stereocenters. The molecule has 1 aromatic heterocycles. The second-order valence-corrected chi connectivity index (χ2v) is 6.41. The zero-order valence-electron chi connectivity index (χ0n) is 12.6. The molecule has 3 rings (SSSR count). The molecule has 2 heterocycles. The van der Waals surface area contributed by atoms with E-state index >= 15 is 0 Å². The predicted molar refractivity (Wildman–Crippen MR) is 93.7 cm³/mol. The number of rotatable bonds is 4. The largest absolute Gasteiger partial charge is 0.316 e. The van der Waals surface area contributed by atoms with E-state index in [1.54, 1.807) is 0 Å². The Bertz CT molecular complexity index is 654. The number of halogens is 1. The van der Waals surface area contributed by atoms with Gasteiger partial charge in [-0.1, -0.05) is 31.2 Å². The minimum atomic E-state index is 0. The minimum Gasteiger partial charge on any atom is -0.316 e. The summed E-state index contributed by atoms with van der Waals surface area (Å²) in [6, 6.07) is 8.14. The summed E-state index contributed by atoms with van der Waals surface area (Å²) in [4.78, 5) is 16.7. The second kappa shape index (κ2) is 7.22. The van der Waals surface area contributed by atoms with Crippen LogP contribution in [0.3, 0.4) is 0 Å². The maximum atomic E-state index is 12.2. The monoisotopic (exact) mass is 337 g/mol. The van der Waals surface area contributed by atoms with Gasteiger partial charge in [0.2, 0.25) is 5.91 Å². The zero-order chi connectivity index (χ0) is 14.8. The Labute approximate surface area is 140 Å². The molecule has 0 aliphatic carbocycles. The summed E-state index contributed by atoms with van der Waals surface area (Å²) in [5.74, 6) is 0.532. The fraction of sp³-hybridized carbons (Fsp3) is 0.375. The highest BCUT2D eigenvalue weighted by atomic mass is 35.5. The van der Waals surface area contributed by atoms with Crippen LogP contribution in [0.4, 0.5) is 5.13 Å². The van der Waals surface area contributed by atoms with Gasteiger partial charge < -0.3 is 10.6 Å². The van der Waals surface area contributed by atoms with Crippen LogP contribution in [-0.2, 0) is 4.79 Å². The lowest BCUT2D eigenvalue weighted by Gasteiger charge is -2.31. The molecule has 1 amide bonds. The summed E-state index contributed by atoms with van der Waals surface area (Å²) in [5, 5.41) is 8.81. The van der Waals surface area contributed by atoms with Crippen LogP contribution in [0.25, 0.3) is 11.3 Å². The summed E-state index contributed by atoms with van der Waals surface area (Å²) in [6.07, 6.45) is 0. The van der Waals surface area contributed by atoms with E-state index in [1.165, 1.54) is 16.9 Å². The van der Waals surface area contributed by atoms with Gasteiger partial charge >= 0.3 is 0 Å². The predicted octanol–water partition coefficient (Wildman–Crippen LogP) is 3.33. The van der Waals surface area contributed by atoms with Crippen molar-refractivity contribution in [3.63, 3.8) is 0 Å². The first-order valence-electron chi connectivity index (χ1n) is 7.18. The first-order chi connectivity index (χ1) is 10.1. The summed E-state index contributed by atoms with van der Waals surface area (Å²) in [5.41, 5.74) is 3.23. The molecule has 0 radical (unpaired) electrons. The van der Waals surface area contributed by atoms with Crippen LogP contribution >= 0.6 is 23.7 Å². The number of aromatic nitrogens is 1. The number of nitrogens with zero attached hydrogens (tertiary/aromatic N) is 1. The van der Waals surface area contributed by atoms with Gasteiger partial charge in [-0.3, -0.25) is 4.79 Å². The number of hydrogen-bond acceptors (Lipinski definition) is 4. The summed E-state index contributed by atoms with van der Waals surface area (Å²) < 4.78 is 0. The number of aryl methyl sites for hydroxylation is 1. The highest BCUT2D eigenvalue weighted by Crippen LogP contribution is 2.28. The number of thiazole rings is 1. The molecule has 2 N–H and O–H groups in total. The van der Waals surface area contributed by atoms with E-state index in [2.05, 4.69) is 34.7 Å². The lowest BCUT2D eigenvalue weighted by Crippen LogP contribution is -2.48. The van der Waals surface area contributed by atoms with Crippen molar-refractivity contribution in [3.05, 3.63) is 35.2 Å². The fourth-order valence-corrected chi connectivity index (χ4v) is 3.13. The van der Waals surface area contributed by atoms with E-state index in [0.717, 1.165) is 24.3 Å². The Hall–Kier alpha value is -1.43. The molecule has 22 heavy (non-hydrogen) atoms. The van der Waals surface area contributed by atoms with Gasteiger partial charge in [-0.15, -0.1) is 23.7 Å². The molecule has 2 aromatic rings. The molecule has 0 spiro atoms. The third kappa shape index (κ3) is 3.48. The highest BCUT2D eigenvalue weighted by Gasteiger charge is 2.29. The van der Waals surface area contributed by atoms with E-state index in [-0.39, 0.29) is 24.2 Å². The molecule has 6 heteroatoms. The zero-order valence-corrected chi connectivity index (χ0v) is 14.3. The maximum Gasteiger partial charge on any atom is 0.229 e. The van der Waals surface area contributed by atoms with Crippen molar-refractivity contribution >= 4 is 34.8 Å². The second-order valence-electron chi connectivity index (χ2n) is 5.55. The molecule has 1 aliphatic heterocycles. The molecule has 0 bridgehead atoms. The Morgan fingerprint density at radius 1 is 1.41 bits per heavy atom. The number of carbonyl (C=O) groups is 1. The van der Waals surface area contributed by atoms with Gasteiger partial charge in [-0.2, -0.15) is 0 Å². The van der Waals surface area contributed by atoms with Gasteiger partial charge in [0.15, 0.2) is 5.13 Å². The average molecular weight is 338 g/mol. The van der Waals surface area contributed by atoms with Crippen LogP contribution in [0.2, 0.25) is 0 Å². The van der Waals surface area contributed by atoms with Crippen molar-refractivity contribution in [2.45, 2.75) is 13.8 Å². The first kappa shape index (κ1) is 16.9. The van der Waals surface area contributed by atoms with E-state index in [1.807, 2.05) is 24.4 Å². The molecule has 118 valence electrons. The smallest absolute Gasteiger partial charge is 0.229 e. The third-order valence-corrected chi connectivity index (χ3v) is 4.85. The van der Waals surface area contributed by atoms with E-state index in [9.17, 15) is 4.79 Å². The molecular formula is C16H20ClN3OS. The van der Waals surface area contributed by atoms with Gasteiger partial charge in [-0.05, 0) is 31.5 Å². The molecule has 1 aromatic carbocycles. The SMILES string of the molecule is Cc1ccccc1-c1csc(NC(=O)C(C)C2CNC2)n1.Cl. The summed E-state index contributed by atoms with van der Waals surface area (Å²) >= 11 is 1.48. The number of hydrogen-bond donors (Lipinski definition) is 2. The lowest BCUT2D eigenvalue weighted by molar-refractivity contribution is -0.121. The van der Waals surface area contributed by atoms with Gasteiger partial charge in [0.05, 0.1) is 5.69 Å². The molecule has 0 saturated carbocycles. The molecule has 4 nitrogen and oxygen atoms in total. The number of amides is 1. The number of benzene rings is 1. The summed E-state index contributed by atoms with van der Waals surface area (Å²) in [7, 11) is 0. The van der Waals surface area contributed by atoms with E-state index in [0.29, 0.717) is 11.0 Å². The van der Waals surface area contributed by atoms with Crippen molar-refractivity contribution in [1.29, 1.82) is 0 Å². The normalized spacial score (nSPS) is 15.5. The average Bonchev–Trinajstić information content (AvgIpc) is 2.85. The van der Waals surface area contributed by atoms with Crippen LogP contribution in [0.15, 0.2) is 29.6 Å². The van der Waals surface area contributed by atoms with Crippen molar-refractivity contribution in [3.8, 4) is 11.3 Å². The van der Waals surface area contributed by atoms with Crippen molar-refractivity contribution in [2.75, 3.05) is 18.4 Å². The van der Waals surface area contributed by atoms with Crippen molar-refractivity contribution in [2.24, 2.45) is 11.8 Å². The Morgan fingerprint density at radius 3 is 2.77 bits per heavy atom.